The second-order valence-electron chi connectivity index (χ2n) is 4.34. The number of aromatic hydroxyl groups is 1. The van der Waals surface area contributed by atoms with Crippen LogP contribution in [0.3, 0.4) is 0 Å². The molecule has 1 heterocycles. The number of phenols is 1. The number of phenolic OH excluding ortho intramolecular Hbond substituents is 1. The maximum Gasteiger partial charge on any atom is 0.127 e. The highest BCUT2D eigenvalue weighted by atomic mass is 16.5. The topological polar surface area (TPSA) is 44.7 Å². The molecule has 1 aliphatic heterocycles. The number of ether oxygens (including phenoxy) is 1. The van der Waals surface area contributed by atoms with Crippen LogP contribution < -0.4 is 10.1 Å². The normalized spacial score (nSPS) is 18.6. The van der Waals surface area contributed by atoms with Crippen molar-refractivity contribution in [3.63, 3.8) is 0 Å². The van der Waals surface area contributed by atoms with Crippen LogP contribution in [-0.4, -0.2) is 43.8 Å². The van der Waals surface area contributed by atoms with Crippen LogP contribution in [0.1, 0.15) is 11.6 Å². The van der Waals surface area contributed by atoms with E-state index in [9.17, 15) is 5.11 Å². The SMILES string of the molecule is CN(C)CCNC1COc2cc(O)ccc21. The lowest BCUT2D eigenvalue weighted by molar-refractivity contribution is 0.302. The molecular weight excluding hydrogens is 204 g/mol. The zero-order chi connectivity index (χ0) is 11.5. The lowest BCUT2D eigenvalue weighted by Gasteiger charge is -2.14. The standard InChI is InChI=1S/C12H18N2O2/c1-14(2)6-5-13-11-8-16-12-7-9(15)3-4-10(11)12/h3-4,7,11,13,15H,5-6,8H2,1-2H3. The van der Waals surface area contributed by atoms with Crippen LogP contribution in [0.15, 0.2) is 18.2 Å². The molecule has 1 aliphatic rings. The van der Waals surface area contributed by atoms with E-state index in [-0.39, 0.29) is 11.8 Å². The van der Waals surface area contributed by atoms with Crippen molar-refractivity contribution < 1.29 is 9.84 Å². The van der Waals surface area contributed by atoms with Gasteiger partial charge in [-0.3, -0.25) is 0 Å². The molecule has 0 amide bonds. The zero-order valence-corrected chi connectivity index (χ0v) is 9.73. The van der Waals surface area contributed by atoms with E-state index in [2.05, 4.69) is 24.3 Å². The van der Waals surface area contributed by atoms with Crippen LogP contribution in [0.5, 0.6) is 11.5 Å². The number of nitrogens with zero attached hydrogens (tertiary/aromatic N) is 1. The summed E-state index contributed by atoms with van der Waals surface area (Å²) in [6, 6.07) is 5.54. The Morgan fingerprint density at radius 2 is 2.31 bits per heavy atom. The molecule has 0 spiro atoms. The zero-order valence-electron chi connectivity index (χ0n) is 9.73. The Bertz CT molecular complexity index is 366. The summed E-state index contributed by atoms with van der Waals surface area (Å²) in [4.78, 5) is 2.14. The largest absolute Gasteiger partial charge is 0.508 e. The second kappa shape index (κ2) is 4.72. The lowest BCUT2D eigenvalue weighted by atomic mass is 10.1. The van der Waals surface area contributed by atoms with E-state index >= 15 is 0 Å². The highest BCUT2D eigenvalue weighted by Crippen LogP contribution is 2.34. The molecule has 0 fully saturated rings. The Kier molecular flexibility index (Phi) is 3.31. The van der Waals surface area contributed by atoms with E-state index in [0.717, 1.165) is 24.4 Å². The van der Waals surface area contributed by atoms with Gasteiger partial charge in [-0.2, -0.15) is 0 Å². The van der Waals surface area contributed by atoms with Gasteiger partial charge >= 0.3 is 0 Å². The molecule has 2 rings (SSSR count). The van der Waals surface area contributed by atoms with Gasteiger partial charge in [-0.25, -0.2) is 0 Å². The molecule has 88 valence electrons. The van der Waals surface area contributed by atoms with Crippen LogP contribution in [0, 0.1) is 0 Å². The minimum Gasteiger partial charge on any atom is -0.508 e. The van der Waals surface area contributed by atoms with E-state index in [1.54, 1.807) is 12.1 Å². The van der Waals surface area contributed by atoms with Gasteiger partial charge in [0.1, 0.15) is 18.1 Å². The van der Waals surface area contributed by atoms with Gasteiger partial charge in [0.2, 0.25) is 0 Å². The predicted molar refractivity (Wildman–Crippen MR) is 62.9 cm³/mol. The number of likely N-dealkylation sites (N-methyl/N-ethyl adjacent to an activating group) is 1. The Morgan fingerprint density at radius 3 is 3.06 bits per heavy atom. The summed E-state index contributed by atoms with van der Waals surface area (Å²) in [5.74, 6) is 1.05. The van der Waals surface area contributed by atoms with Crippen molar-refractivity contribution >= 4 is 0 Å². The number of benzene rings is 1. The minimum atomic E-state index is 0.246. The molecule has 0 bridgehead atoms. The van der Waals surface area contributed by atoms with Crippen LogP contribution in [0.2, 0.25) is 0 Å². The van der Waals surface area contributed by atoms with E-state index in [4.69, 9.17) is 4.74 Å². The molecule has 0 radical (unpaired) electrons. The van der Waals surface area contributed by atoms with Gasteiger partial charge in [0.05, 0.1) is 6.04 Å². The number of hydrogen-bond donors (Lipinski definition) is 2. The fourth-order valence-electron chi connectivity index (χ4n) is 1.83. The van der Waals surface area contributed by atoms with Crippen molar-refractivity contribution in [2.75, 3.05) is 33.8 Å². The summed E-state index contributed by atoms with van der Waals surface area (Å²) in [6.45, 7) is 2.58. The first-order valence-corrected chi connectivity index (χ1v) is 5.50. The molecule has 0 aliphatic carbocycles. The fraction of sp³-hybridized carbons (Fsp3) is 0.500. The third kappa shape index (κ3) is 2.46. The molecule has 4 nitrogen and oxygen atoms in total. The summed E-state index contributed by atoms with van der Waals surface area (Å²) < 4.78 is 5.51. The molecule has 0 saturated heterocycles. The van der Waals surface area contributed by atoms with Gasteiger partial charge in [0.15, 0.2) is 0 Å². The molecule has 1 atom stereocenters. The molecule has 4 heteroatoms. The summed E-state index contributed by atoms with van der Waals surface area (Å²) in [7, 11) is 4.11. The molecule has 1 unspecified atom stereocenters. The molecule has 1 aromatic carbocycles. The smallest absolute Gasteiger partial charge is 0.127 e. The predicted octanol–water partition coefficient (Wildman–Crippen LogP) is 0.977. The molecule has 0 saturated carbocycles. The molecule has 0 aromatic heterocycles. The van der Waals surface area contributed by atoms with Crippen molar-refractivity contribution in [1.29, 1.82) is 0 Å². The highest BCUT2D eigenvalue weighted by molar-refractivity contribution is 5.44. The van der Waals surface area contributed by atoms with Crippen molar-refractivity contribution in [1.82, 2.24) is 10.2 Å². The third-order valence-corrected chi connectivity index (χ3v) is 2.73. The van der Waals surface area contributed by atoms with E-state index < -0.39 is 0 Å². The van der Waals surface area contributed by atoms with Crippen LogP contribution in [0.4, 0.5) is 0 Å². The van der Waals surface area contributed by atoms with Crippen LogP contribution >= 0.6 is 0 Å². The average Bonchev–Trinajstić information content (AvgIpc) is 2.60. The van der Waals surface area contributed by atoms with Gasteiger partial charge in [-0.05, 0) is 26.2 Å². The summed E-state index contributed by atoms with van der Waals surface area (Å²) in [5.41, 5.74) is 1.14. The summed E-state index contributed by atoms with van der Waals surface area (Å²) >= 11 is 0. The molecule has 2 N–H and O–H groups in total. The molecule has 16 heavy (non-hydrogen) atoms. The number of nitrogens with one attached hydrogen (secondary N) is 1. The quantitative estimate of drug-likeness (QED) is 0.797. The lowest BCUT2D eigenvalue weighted by Crippen LogP contribution is -2.30. The van der Waals surface area contributed by atoms with Crippen molar-refractivity contribution in [2.45, 2.75) is 6.04 Å². The summed E-state index contributed by atoms with van der Waals surface area (Å²) in [6.07, 6.45) is 0. The van der Waals surface area contributed by atoms with E-state index in [1.807, 2.05) is 6.07 Å². The Balaban J connectivity index is 1.95. The third-order valence-electron chi connectivity index (χ3n) is 2.73. The van der Waals surface area contributed by atoms with Gasteiger partial charge in [-0.1, -0.05) is 0 Å². The maximum absolute atomic E-state index is 9.32. The maximum atomic E-state index is 9.32. The first-order chi connectivity index (χ1) is 7.66. The Hall–Kier alpha value is -1.26. The van der Waals surface area contributed by atoms with Crippen LogP contribution in [-0.2, 0) is 0 Å². The average molecular weight is 222 g/mol. The van der Waals surface area contributed by atoms with E-state index in [1.165, 1.54) is 0 Å². The van der Waals surface area contributed by atoms with Crippen molar-refractivity contribution in [3.8, 4) is 11.5 Å². The first kappa shape index (κ1) is 11.2. The molecular formula is C12H18N2O2. The Labute approximate surface area is 95.8 Å². The van der Waals surface area contributed by atoms with Crippen molar-refractivity contribution in [3.05, 3.63) is 23.8 Å². The minimum absolute atomic E-state index is 0.246. The monoisotopic (exact) mass is 222 g/mol. The van der Waals surface area contributed by atoms with Gasteiger partial charge < -0.3 is 20.1 Å². The summed E-state index contributed by atoms with van der Waals surface area (Å²) in [5, 5.41) is 12.8. The second-order valence-corrected chi connectivity index (χ2v) is 4.34. The van der Waals surface area contributed by atoms with Gasteiger partial charge in [0, 0.05) is 24.7 Å². The van der Waals surface area contributed by atoms with E-state index in [0.29, 0.717) is 6.61 Å². The van der Waals surface area contributed by atoms with Gasteiger partial charge in [0.25, 0.3) is 0 Å². The van der Waals surface area contributed by atoms with Gasteiger partial charge in [-0.15, -0.1) is 0 Å². The Morgan fingerprint density at radius 1 is 1.50 bits per heavy atom. The molecule has 1 aromatic rings. The fourth-order valence-corrected chi connectivity index (χ4v) is 1.83. The first-order valence-electron chi connectivity index (χ1n) is 5.50. The van der Waals surface area contributed by atoms with Crippen molar-refractivity contribution in [2.24, 2.45) is 0 Å². The number of fused-ring (bicyclic) bond motifs is 1. The number of hydrogen-bond acceptors (Lipinski definition) is 4. The highest BCUT2D eigenvalue weighted by Gasteiger charge is 2.23. The number of rotatable bonds is 4. The van der Waals surface area contributed by atoms with Crippen LogP contribution in [0.25, 0.3) is 0 Å².